The molecule has 1 heterocycles. The Morgan fingerprint density at radius 1 is 1.50 bits per heavy atom. The number of hydrogen-bond acceptors (Lipinski definition) is 3. The number of aromatic nitrogens is 1. The molecule has 0 fully saturated rings. The molecule has 0 aliphatic carbocycles. The van der Waals surface area contributed by atoms with Crippen LogP contribution in [0.25, 0.3) is 0 Å². The van der Waals surface area contributed by atoms with Gasteiger partial charge in [-0.1, -0.05) is 6.92 Å². The van der Waals surface area contributed by atoms with Crippen LogP contribution in [0.5, 0.6) is 0 Å². The molecule has 0 amide bonds. The molecule has 0 radical (unpaired) electrons. The molecular weight excluding hydrogens is 200 g/mol. The van der Waals surface area contributed by atoms with E-state index in [0.717, 1.165) is 31.7 Å². The standard InChI is InChI=1S/C13H22N2O/c1-4-14-12(6-5-9-16-3)13-10-11(2)7-8-15-13/h7-8,10,12,14H,4-6,9H2,1-3H3. The monoisotopic (exact) mass is 222 g/mol. The lowest BCUT2D eigenvalue weighted by Crippen LogP contribution is -2.22. The van der Waals surface area contributed by atoms with Crippen LogP contribution in [-0.2, 0) is 4.74 Å². The lowest BCUT2D eigenvalue weighted by atomic mass is 10.1. The molecule has 1 unspecified atom stereocenters. The van der Waals surface area contributed by atoms with Gasteiger partial charge in [-0.05, 0) is 44.0 Å². The van der Waals surface area contributed by atoms with Crippen LogP contribution in [0.3, 0.4) is 0 Å². The summed E-state index contributed by atoms with van der Waals surface area (Å²) in [6, 6.07) is 4.53. The van der Waals surface area contributed by atoms with Crippen LogP contribution in [0.2, 0.25) is 0 Å². The molecule has 3 heteroatoms. The van der Waals surface area contributed by atoms with Crippen molar-refractivity contribution in [1.29, 1.82) is 0 Å². The summed E-state index contributed by atoms with van der Waals surface area (Å²) >= 11 is 0. The summed E-state index contributed by atoms with van der Waals surface area (Å²) in [5, 5.41) is 3.47. The van der Waals surface area contributed by atoms with Crippen LogP contribution in [0.1, 0.15) is 37.1 Å². The predicted molar refractivity (Wildman–Crippen MR) is 66.5 cm³/mol. The van der Waals surface area contributed by atoms with Gasteiger partial charge in [0.15, 0.2) is 0 Å². The highest BCUT2D eigenvalue weighted by Gasteiger charge is 2.10. The molecule has 0 aliphatic heterocycles. The molecule has 0 bridgehead atoms. The molecule has 0 aliphatic rings. The van der Waals surface area contributed by atoms with Crippen molar-refractivity contribution in [2.45, 2.75) is 32.7 Å². The number of hydrogen-bond donors (Lipinski definition) is 1. The first kappa shape index (κ1) is 13.1. The summed E-state index contributed by atoms with van der Waals surface area (Å²) in [6.45, 7) is 6.00. The zero-order chi connectivity index (χ0) is 11.8. The fourth-order valence-electron chi connectivity index (χ4n) is 1.78. The number of aryl methyl sites for hydroxylation is 1. The summed E-state index contributed by atoms with van der Waals surface area (Å²) in [5.74, 6) is 0. The maximum atomic E-state index is 5.08. The quantitative estimate of drug-likeness (QED) is 0.720. The Labute approximate surface area is 98.2 Å². The molecule has 0 saturated heterocycles. The van der Waals surface area contributed by atoms with E-state index in [0.29, 0.717) is 6.04 Å². The molecule has 1 atom stereocenters. The minimum absolute atomic E-state index is 0.347. The van der Waals surface area contributed by atoms with E-state index < -0.39 is 0 Å². The summed E-state index contributed by atoms with van der Waals surface area (Å²) < 4.78 is 5.08. The Bertz CT molecular complexity index is 302. The van der Waals surface area contributed by atoms with Crippen molar-refractivity contribution in [2.75, 3.05) is 20.3 Å². The third-order valence-electron chi connectivity index (χ3n) is 2.59. The molecular formula is C13H22N2O. The molecule has 16 heavy (non-hydrogen) atoms. The van der Waals surface area contributed by atoms with E-state index in [9.17, 15) is 0 Å². The van der Waals surface area contributed by atoms with Gasteiger partial charge in [0.1, 0.15) is 0 Å². The van der Waals surface area contributed by atoms with Gasteiger partial charge in [0.25, 0.3) is 0 Å². The Hall–Kier alpha value is -0.930. The molecule has 0 saturated carbocycles. The van der Waals surface area contributed by atoms with E-state index in [1.807, 2.05) is 12.3 Å². The Balaban J connectivity index is 2.61. The highest BCUT2D eigenvalue weighted by Crippen LogP contribution is 2.17. The van der Waals surface area contributed by atoms with Crippen LogP contribution in [-0.4, -0.2) is 25.2 Å². The minimum atomic E-state index is 0.347. The van der Waals surface area contributed by atoms with E-state index in [4.69, 9.17) is 4.74 Å². The molecule has 1 rings (SSSR count). The van der Waals surface area contributed by atoms with Gasteiger partial charge < -0.3 is 10.1 Å². The molecule has 3 nitrogen and oxygen atoms in total. The van der Waals surface area contributed by atoms with E-state index >= 15 is 0 Å². The van der Waals surface area contributed by atoms with Crippen molar-refractivity contribution in [2.24, 2.45) is 0 Å². The SMILES string of the molecule is CCNC(CCCOC)c1cc(C)ccn1. The van der Waals surface area contributed by atoms with Crippen molar-refractivity contribution < 1.29 is 4.74 Å². The zero-order valence-corrected chi connectivity index (χ0v) is 10.5. The van der Waals surface area contributed by atoms with Crippen molar-refractivity contribution in [3.05, 3.63) is 29.6 Å². The zero-order valence-electron chi connectivity index (χ0n) is 10.5. The van der Waals surface area contributed by atoms with Gasteiger partial charge in [0, 0.05) is 26.0 Å². The highest BCUT2D eigenvalue weighted by molar-refractivity contribution is 5.17. The number of nitrogens with zero attached hydrogens (tertiary/aromatic N) is 1. The summed E-state index contributed by atoms with van der Waals surface area (Å²) in [7, 11) is 1.74. The van der Waals surface area contributed by atoms with Crippen LogP contribution in [0.4, 0.5) is 0 Å². The Morgan fingerprint density at radius 3 is 2.94 bits per heavy atom. The minimum Gasteiger partial charge on any atom is -0.385 e. The van der Waals surface area contributed by atoms with E-state index in [1.165, 1.54) is 5.56 Å². The second-order valence-corrected chi connectivity index (χ2v) is 4.00. The summed E-state index contributed by atoms with van der Waals surface area (Å²) in [4.78, 5) is 4.43. The second-order valence-electron chi connectivity index (χ2n) is 4.00. The molecule has 0 aromatic carbocycles. The third-order valence-corrected chi connectivity index (χ3v) is 2.59. The van der Waals surface area contributed by atoms with Gasteiger partial charge in [-0.25, -0.2) is 0 Å². The number of pyridine rings is 1. The largest absolute Gasteiger partial charge is 0.385 e. The van der Waals surface area contributed by atoms with Gasteiger partial charge >= 0.3 is 0 Å². The maximum Gasteiger partial charge on any atom is 0.0575 e. The highest BCUT2D eigenvalue weighted by atomic mass is 16.5. The summed E-state index contributed by atoms with van der Waals surface area (Å²) in [5.41, 5.74) is 2.40. The lowest BCUT2D eigenvalue weighted by molar-refractivity contribution is 0.188. The van der Waals surface area contributed by atoms with Crippen LogP contribution in [0, 0.1) is 6.92 Å². The second kappa shape index (κ2) is 7.36. The molecule has 1 N–H and O–H groups in total. The average Bonchev–Trinajstić information content (AvgIpc) is 2.28. The first-order valence-electron chi connectivity index (χ1n) is 5.92. The van der Waals surface area contributed by atoms with Crippen molar-refractivity contribution in [3.63, 3.8) is 0 Å². The van der Waals surface area contributed by atoms with Crippen LogP contribution < -0.4 is 5.32 Å². The normalized spacial score (nSPS) is 12.7. The van der Waals surface area contributed by atoms with Gasteiger partial charge in [0.2, 0.25) is 0 Å². The Morgan fingerprint density at radius 2 is 2.31 bits per heavy atom. The lowest BCUT2D eigenvalue weighted by Gasteiger charge is -2.17. The van der Waals surface area contributed by atoms with Crippen molar-refractivity contribution in [1.82, 2.24) is 10.3 Å². The number of ether oxygens (including phenoxy) is 1. The smallest absolute Gasteiger partial charge is 0.0575 e. The fraction of sp³-hybridized carbons (Fsp3) is 0.615. The Kier molecular flexibility index (Phi) is 6.04. The maximum absolute atomic E-state index is 5.08. The molecule has 1 aromatic heterocycles. The predicted octanol–water partition coefficient (Wildman–Crippen LogP) is 2.47. The molecule has 0 spiro atoms. The van der Waals surface area contributed by atoms with Crippen molar-refractivity contribution >= 4 is 0 Å². The van der Waals surface area contributed by atoms with Gasteiger partial charge in [-0.15, -0.1) is 0 Å². The van der Waals surface area contributed by atoms with Gasteiger partial charge in [-0.2, -0.15) is 0 Å². The van der Waals surface area contributed by atoms with Gasteiger partial charge in [0.05, 0.1) is 5.69 Å². The fourth-order valence-corrected chi connectivity index (χ4v) is 1.78. The van der Waals surface area contributed by atoms with Crippen molar-refractivity contribution in [3.8, 4) is 0 Å². The van der Waals surface area contributed by atoms with Crippen LogP contribution >= 0.6 is 0 Å². The number of nitrogens with one attached hydrogen (secondary N) is 1. The first-order chi connectivity index (χ1) is 7.77. The van der Waals surface area contributed by atoms with Crippen LogP contribution in [0.15, 0.2) is 18.3 Å². The average molecular weight is 222 g/mol. The van der Waals surface area contributed by atoms with Gasteiger partial charge in [-0.3, -0.25) is 4.98 Å². The number of methoxy groups -OCH3 is 1. The van der Waals surface area contributed by atoms with E-state index in [-0.39, 0.29) is 0 Å². The number of rotatable bonds is 7. The third kappa shape index (κ3) is 4.29. The molecule has 90 valence electrons. The topological polar surface area (TPSA) is 34.1 Å². The first-order valence-corrected chi connectivity index (χ1v) is 5.92. The summed E-state index contributed by atoms with van der Waals surface area (Å²) in [6.07, 6.45) is 4.01. The van der Waals surface area contributed by atoms with E-state index in [2.05, 4.69) is 30.2 Å². The molecule has 1 aromatic rings. The van der Waals surface area contributed by atoms with E-state index in [1.54, 1.807) is 7.11 Å².